The zero-order valence-electron chi connectivity index (χ0n) is 9.47. The summed E-state index contributed by atoms with van der Waals surface area (Å²) in [6.07, 6.45) is 3.91. The Labute approximate surface area is 91.2 Å². The van der Waals surface area contributed by atoms with Crippen LogP contribution in [0.4, 0.5) is 0 Å². The molecule has 0 radical (unpaired) electrons. The number of hydrogen-bond donors (Lipinski definition) is 0. The maximum absolute atomic E-state index is 11.5. The minimum absolute atomic E-state index is 0.0693. The standard InChI is InChI=1S/C13H17NO/c1-11(13(15)14(2)3)9-10-12-7-5-4-6-8-12/h4-11H,1-3H3/b10-9+. The van der Waals surface area contributed by atoms with Crippen molar-refractivity contribution < 1.29 is 4.79 Å². The van der Waals surface area contributed by atoms with Gasteiger partial charge in [-0.05, 0) is 5.56 Å². The largest absolute Gasteiger partial charge is 0.348 e. The fourth-order valence-corrected chi connectivity index (χ4v) is 1.31. The van der Waals surface area contributed by atoms with Crippen molar-refractivity contribution in [1.29, 1.82) is 0 Å². The molecule has 0 aliphatic carbocycles. The fourth-order valence-electron chi connectivity index (χ4n) is 1.31. The zero-order valence-corrected chi connectivity index (χ0v) is 9.47. The van der Waals surface area contributed by atoms with Crippen LogP contribution in [0.3, 0.4) is 0 Å². The van der Waals surface area contributed by atoms with E-state index in [9.17, 15) is 4.79 Å². The molecule has 1 amide bonds. The van der Waals surface area contributed by atoms with E-state index in [-0.39, 0.29) is 11.8 Å². The van der Waals surface area contributed by atoms with E-state index >= 15 is 0 Å². The van der Waals surface area contributed by atoms with Crippen LogP contribution in [-0.2, 0) is 4.79 Å². The highest BCUT2D eigenvalue weighted by Gasteiger charge is 2.10. The van der Waals surface area contributed by atoms with E-state index in [0.717, 1.165) is 5.56 Å². The Bertz CT molecular complexity index is 341. The van der Waals surface area contributed by atoms with E-state index < -0.39 is 0 Å². The monoisotopic (exact) mass is 203 g/mol. The molecule has 0 saturated carbocycles. The maximum atomic E-state index is 11.5. The first kappa shape index (κ1) is 11.5. The minimum atomic E-state index is -0.0693. The molecule has 0 heterocycles. The second-order valence-corrected chi connectivity index (χ2v) is 3.79. The average Bonchev–Trinajstić information content (AvgIpc) is 2.26. The Morgan fingerprint density at radius 2 is 1.87 bits per heavy atom. The summed E-state index contributed by atoms with van der Waals surface area (Å²) in [7, 11) is 3.55. The molecular formula is C13H17NO. The maximum Gasteiger partial charge on any atom is 0.228 e. The van der Waals surface area contributed by atoms with Crippen molar-refractivity contribution in [3.05, 3.63) is 42.0 Å². The summed E-state index contributed by atoms with van der Waals surface area (Å²) in [6, 6.07) is 9.98. The molecule has 1 aromatic carbocycles. The van der Waals surface area contributed by atoms with Gasteiger partial charge in [-0.2, -0.15) is 0 Å². The third-order valence-corrected chi connectivity index (χ3v) is 2.21. The molecule has 0 fully saturated rings. The van der Waals surface area contributed by atoms with Gasteiger partial charge in [0.2, 0.25) is 5.91 Å². The molecule has 1 atom stereocenters. The Kier molecular flexibility index (Phi) is 4.10. The molecule has 0 N–H and O–H groups in total. The van der Waals surface area contributed by atoms with Crippen molar-refractivity contribution in [2.45, 2.75) is 6.92 Å². The highest BCUT2D eigenvalue weighted by Crippen LogP contribution is 2.06. The lowest BCUT2D eigenvalue weighted by Gasteiger charge is -2.13. The van der Waals surface area contributed by atoms with Gasteiger partial charge < -0.3 is 4.90 Å². The number of nitrogens with zero attached hydrogens (tertiary/aromatic N) is 1. The molecular weight excluding hydrogens is 186 g/mol. The van der Waals surface area contributed by atoms with E-state index in [1.54, 1.807) is 19.0 Å². The van der Waals surface area contributed by atoms with Crippen LogP contribution >= 0.6 is 0 Å². The lowest BCUT2D eigenvalue weighted by molar-refractivity contribution is -0.130. The van der Waals surface area contributed by atoms with E-state index in [4.69, 9.17) is 0 Å². The van der Waals surface area contributed by atoms with Crippen LogP contribution < -0.4 is 0 Å². The quantitative estimate of drug-likeness (QED) is 0.738. The van der Waals surface area contributed by atoms with Gasteiger partial charge in [-0.3, -0.25) is 4.79 Å². The molecule has 2 heteroatoms. The van der Waals surface area contributed by atoms with Crippen LogP contribution in [0, 0.1) is 5.92 Å². The summed E-state index contributed by atoms with van der Waals surface area (Å²) in [6.45, 7) is 1.90. The van der Waals surface area contributed by atoms with Crippen LogP contribution in [-0.4, -0.2) is 24.9 Å². The number of carbonyl (C=O) groups is 1. The molecule has 80 valence electrons. The topological polar surface area (TPSA) is 20.3 Å². The fraction of sp³-hybridized carbons (Fsp3) is 0.308. The first-order chi connectivity index (χ1) is 7.11. The molecule has 0 spiro atoms. The van der Waals surface area contributed by atoms with Crippen molar-refractivity contribution in [2.24, 2.45) is 5.92 Å². The molecule has 1 unspecified atom stereocenters. The van der Waals surface area contributed by atoms with E-state index in [2.05, 4.69) is 0 Å². The van der Waals surface area contributed by atoms with Crippen molar-refractivity contribution in [2.75, 3.05) is 14.1 Å². The zero-order chi connectivity index (χ0) is 11.3. The average molecular weight is 203 g/mol. The SMILES string of the molecule is CC(/C=C/c1ccccc1)C(=O)N(C)C. The molecule has 2 nitrogen and oxygen atoms in total. The van der Waals surface area contributed by atoms with Gasteiger partial charge in [-0.1, -0.05) is 49.4 Å². The van der Waals surface area contributed by atoms with Gasteiger partial charge in [0.15, 0.2) is 0 Å². The van der Waals surface area contributed by atoms with E-state index in [1.165, 1.54) is 0 Å². The Morgan fingerprint density at radius 3 is 2.40 bits per heavy atom. The number of hydrogen-bond acceptors (Lipinski definition) is 1. The predicted octanol–water partition coefficient (Wildman–Crippen LogP) is 2.42. The van der Waals surface area contributed by atoms with Crippen LogP contribution in [0.15, 0.2) is 36.4 Å². The Morgan fingerprint density at radius 1 is 1.27 bits per heavy atom. The van der Waals surface area contributed by atoms with Crippen molar-refractivity contribution in [1.82, 2.24) is 4.90 Å². The van der Waals surface area contributed by atoms with Gasteiger partial charge >= 0.3 is 0 Å². The van der Waals surface area contributed by atoms with E-state index in [1.807, 2.05) is 49.4 Å². The molecule has 0 aliphatic heterocycles. The number of amides is 1. The summed E-state index contributed by atoms with van der Waals surface area (Å²) >= 11 is 0. The van der Waals surface area contributed by atoms with Crippen molar-refractivity contribution in [3.8, 4) is 0 Å². The van der Waals surface area contributed by atoms with Crippen molar-refractivity contribution >= 4 is 12.0 Å². The molecule has 1 aromatic rings. The summed E-state index contributed by atoms with van der Waals surface area (Å²) < 4.78 is 0. The molecule has 1 rings (SSSR count). The van der Waals surface area contributed by atoms with Gasteiger partial charge in [0, 0.05) is 14.1 Å². The van der Waals surface area contributed by atoms with Gasteiger partial charge in [-0.15, -0.1) is 0 Å². The third-order valence-electron chi connectivity index (χ3n) is 2.21. The summed E-state index contributed by atoms with van der Waals surface area (Å²) in [5.74, 6) is 0.0578. The van der Waals surface area contributed by atoms with Gasteiger partial charge in [0.1, 0.15) is 0 Å². The minimum Gasteiger partial charge on any atom is -0.348 e. The van der Waals surface area contributed by atoms with Crippen LogP contribution in [0.1, 0.15) is 12.5 Å². The van der Waals surface area contributed by atoms with Gasteiger partial charge in [0.05, 0.1) is 5.92 Å². The lowest BCUT2D eigenvalue weighted by atomic mass is 10.1. The van der Waals surface area contributed by atoms with E-state index in [0.29, 0.717) is 0 Å². The van der Waals surface area contributed by atoms with Crippen molar-refractivity contribution in [3.63, 3.8) is 0 Å². The second kappa shape index (κ2) is 5.35. The third kappa shape index (κ3) is 3.58. The predicted molar refractivity (Wildman–Crippen MR) is 63.3 cm³/mol. The van der Waals surface area contributed by atoms with Crippen LogP contribution in [0.5, 0.6) is 0 Å². The second-order valence-electron chi connectivity index (χ2n) is 3.79. The molecule has 0 aliphatic rings. The highest BCUT2D eigenvalue weighted by atomic mass is 16.2. The smallest absolute Gasteiger partial charge is 0.228 e. The normalized spacial score (nSPS) is 12.7. The molecule has 0 aromatic heterocycles. The lowest BCUT2D eigenvalue weighted by Crippen LogP contribution is -2.26. The molecule has 0 bridgehead atoms. The van der Waals surface area contributed by atoms with Crippen LogP contribution in [0.25, 0.3) is 6.08 Å². The number of rotatable bonds is 3. The molecule has 15 heavy (non-hydrogen) atoms. The Hall–Kier alpha value is -1.57. The number of benzene rings is 1. The summed E-state index contributed by atoms with van der Waals surface area (Å²) in [5.41, 5.74) is 1.12. The molecule has 0 saturated heterocycles. The highest BCUT2D eigenvalue weighted by molar-refractivity contribution is 5.80. The summed E-state index contributed by atoms with van der Waals surface area (Å²) in [4.78, 5) is 13.1. The van der Waals surface area contributed by atoms with Crippen LogP contribution in [0.2, 0.25) is 0 Å². The summed E-state index contributed by atoms with van der Waals surface area (Å²) in [5, 5.41) is 0. The first-order valence-corrected chi connectivity index (χ1v) is 5.05. The number of carbonyl (C=O) groups excluding carboxylic acids is 1. The first-order valence-electron chi connectivity index (χ1n) is 5.05. The van der Waals surface area contributed by atoms with Gasteiger partial charge in [-0.25, -0.2) is 0 Å². The Balaban J connectivity index is 2.62. The van der Waals surface area contributed by atoms with Gasteiger partial charge in [0.25, 0.3) is 0 Å².